The minimum absolute atomic E-state index is 0.368. The molecule has 1 heterocycles. The molecule has 0 aliphatic carbocycles. The maximum atomic E-state index is 12.8. The summed E-state index contributed by atoms with van der Waals surface area (Å²) in [7, 11) is -1.68. The van der Waals surface area contributed by atoms with Crippen LogP contribution in [0.1, 0.15) is 44.6 Å². The fraction of sp³-hybridized carbons (Fsp3) is 0.650. The molecule has 7 nitrogen and oxygen atoms in total. The Labute approximate surface area is 169 Å². The summed E-state index contributed by atoms with van der Waals surface area (Å²) < 4.78 is 32.6. The van der Waals surface area contributed by atoms with Gasteiger partial charge >= 0.3 is 0 Å². The molecule has 1 aromatic carbocycles. The summed E-state index contributed by atoms with van der Waals surface area (Å²) >= 11 is 0. The highest BCUT2D eigenvalue weighted by atomic mass is 32.2. The summed E-state index contributed by atoms with van der Waals surface area (Å²) in [5.41, 5.74) is 0.914. The van der Waals surface area contributed by atoms with Crippen molar-refractivity contribution in [1.82, 2.24) is 14.9 Å². The van der Waals surface area contributed by atoms with Gasteiger partial charge in [-0.3, -0.25) is 4.99 Å². The summed E-state index contributed by atoms with van der Waals surface area (Å²) in [4.78, 5) is 4.59. The number of rotatable bonds is 10. The van der Waals surface area contributed by atoms with Crippen molar-refractivity contribution in [1.29, 1.82) is 0 Å². The number of piperidine rings is 1. The third-order valence-corrected chi connectivity index (χ3v) is 6.64. The van der Waals surface area contributed by atoms with Gasteiger partial charge in [0.15, 0.2) is 5.96 Å². The Hall–Kier alpha value is -1.64. The molecule has 0 radical (unpaired) electrons. The highest BCUT2D eigenvalue weighted by Crippen LogP contribution is 2.21. The second-order valence-electron chi connectivity index (χ2n) is 6.87. The van der Waals surface area contributed by atoms with Crippen LogP contribution in [0.25, 0.3) is 0 Å². The molecule has 2 N–H and O–H groups in total. The van der Waals surface area contributed by atoms with Gasteiger partial charge in [-0.05, 0) is 50.3 Å². The molecule has 1 aromatic rings. The second kappa shape index (κ2) is 12.0. The van der Waals surface area contributed by atoms with Crippen LogP contribution in [0.3, 0.4) is 0 Å². The van der Waals surface area contributed by atoms with E-state index in [2.05, 4.69) is 15.6 Å². The highest BCUT2D eigenvalue weighted by molar-refractivity contribution is 7.89. The van der Waals surface area contributed by atoms with E-state index in [4.69, 9.17) is 4.74 Å². The zero-order valence-corrected chi connectivity index (χ0v) is 17.9. The molecule has 8 heteroatoms. The maximum absolute atomic E-state index is 12.8. The Bertz CT molecular complexity index is 716. The molecule has 0 aromatic heterocycles. The summed E-state index contributed by atoms with van der Waals surface area (Å²) in [6.45, 7) is 6.09. The Kier molecular flexibility index (Phi) is 9.73. The van der Waals surface area contributed by atoms with E-state index < -0.39 is 10.0 Å². The summed E-state index contributed by atoms with van der Waals surface area (Å²) in [6, 6.07) is 7.17. The van der Waals surface area contributed by atoms with Gasteiger partial charge in [0.2, 0.25) is 10.0 Å². The second-order valence-corrected chi connectivity index (χ2v) is 8.81. The number of unbranched alkanes of at least 4 members (excludes halogenated alkanes) is 1. The van der Waals surface area contributed by atoms with Crippen molar-refractivity contribution in [2.75, 3.05) is 39.9 Å². The molecule has 1 fully saturated rings. The van der Waals surface area contributed by atoms with Gasteiger partial charge in [0, 0.05) is 46.4 Å². The number of benzene rings is 1. The first-order valence-electron chi connectivity index (χ1n) is 10.2. The monoisotopic (exact) mass is 410 g/mol. The average Bonchev–Trinajstić information content (AvgIpc) is 2.73. The third-order valence-electron chi connectivity index (χ3n) is 4.75. The zero-order valence-electron chi connectivity index (χ0n) is 17.1. The van der Waals surface area contributed by atoms with E-state index in [0.717, 1.165) is 57.4 Å². The van der Waals surface area contributed by atoms with Gasteiger partial charge < -0.3 is 15.4 Å². The Morgan fingerprint density at radius 1 is 1.18 bits per heavy atom. The fourth-order valence-electron chi connectivity index (χ4n) is 3.16. The quantitative estimate of drug-likeness (QED) is 0.351. The maximum Gasteiger partial charge on any atom is 0.243 e. The standard InChI is InChI=1S/C20H34N4O3S/c1-3-27-15-8-5-12-22-20(21-2)23-17-18-10-9-11-19(16-18)28(25,26)24-13-6-4-7-14-24/h9-11,16H,3-8,12-15,17H2,1-2H3,(H2,21,22,23). The Morgan fingerprint density at radius 3 is 2.68 bits per heavy atom. The van der Waals surface area contributed by atoms with Gasteiger partial charge in [0.1, 0.15) is 0 Å². The molecule has 0 saturated carbocycles. The minimum atomic E-state index is -3.41. The molecule has 1 aliphatic rings. The number of hydrogen-bond donors (Lipinski definition) is 2. The zero-order chi connectivity index (χ0) is 20.2. The first-order chi connectivity index (χ1) is 13.6. The largest absolute Gasteiger partial charge is 0.382 e. The van der Waals surface area contributed by atoms with Crippen molar-refractivity contribution < 1.29 is 13.2 Å². The molecule has 28 heavy (non-hydrogen) atoms. The molecule has 0 amide bonds. The summed E-state index contributed by atoms with van der Waals surface area (Å²) in [5.74, 6) is 0.709. The number of hydrogen-bond acceptors (Lipinski definition) is 4. The molecule has 2 rings (SSSR count). The first kappa shape index (κ1) is 22.6. The van der Waals surface area contributed by atoms with Crippen LogP contribution in [-0.2, 0) is 21.3 Å². The normalized spacial score (nSPS) is 16.1. The molecular formula is C20H34N4O3S. The average molecular weight is 411 g/mol. The van der Waals surface area contributed by atoms with Crippen molar-refractivity contribution in [2.45, 2.75) is 50.5 Å². The van der Waals surface area contributed by atoms with E-state index >= 15 is 0 Å². The lowest BCUT2D eigenvalue weighted by Crippen LogP contribution is -2.37. The van der Waals surface area contributed by atoms with Crippen LogP contribution in [0, 0.1) is 0 Å². The molecule has 1 saturated heterocycles. The van der Waals surface area contributed by atoms with Crippen molar-refractivity contribution in [3.63, 3.8) is 0 Å². The van der Waals surface area contributed by atoms with Crippen LogP contribution in [-0.4, -0.2) is 58.6 Å². The lowest BCUT2D eigenvalue weighted by molar-refractivity contribution is 0.143. The van der Waals surface area contributed by atoms with Gasteiger partial charge in [-0.1, -0.05) is 18.6 Å². The topological polar surface area (TPSA) is 83.0 Å². The van der Waals surface area contributed by atoms with E-state index in [1.165, 1.54) is 0 Å². The van der Waals surface area contributed by atoms with E-state index in [1.807, 2.05) is 13.0 Å². The lowest BCUT2D eigenvalue weighted by Gasteiger charge is -2.26. The van der Waals surface area contributed by atoms with Crippen molar-refractivity contribution in [3.8, 4) is 0 Å². The highest BCUT2D eigenvalue weighted by Gasteiger charge is 2.25. The minimum Gasteiger partial charge on any atom is -0.382 e. The number of nitrogens with zero attached hydrogens (tertiary/aromatic N) is 2. The fourth-order valence-corrected chi connectivity index (χ4v) is 4.74. The molecular weight excluding hydrogens is 376 g/mol. The molecule has 0 bridgehead atoms. The van der Waals surface area contributed by atoms with Gasteiger partial charge in [0.25, 0.3) is 0 Å². The van der Waals surface area contributed by atoms with Crippen LogP contribution in [0.15, 0.2) is 34.2 Å². The predicted molar refractivity (Wildman–Crippen MR) is 113 cm³/mol. The van der Waals surface area contributed by atoms with Crippen LogP contribution in [0.4, 0.5) is 0 Å². The number of sulfonamides is 1. The number of ether oxygens (including phenoxy) is 1. The first-order valence-corrected chi connectivity index (χ1v) is 11.6. The molecule has 0 spiro atoms. The van der Waals surface area contributed by atoms with Gasteiger partial charge in [0.05, 0.1) is 4.90 Å². The van der Waals surface area contributed by atoms with Crippen LogP contribution >= 0.6 is 0 Å². The predicted octanol–water partition coefficient (Wildman–Crippen LogP) is 2.34. The van der Waals surface area contributed by atoms with E-state index in [-0.39, 0.29) is 0 Å². The molecule has 1 aliphatic heterocycles. The SMILES string of the molecule is CCOCCCCNC(=NC)NCc1cccc(S(=O)(=O)N2CCCCC2)c1. The van der Waals surface area contributed by atoms with Crippen LogP contribution < -0.4 is 10.6 Å². The van der Waals surface area contributed by atoms with Gasteiger partial charge in [-0.25, -0.2) is 8.42 Å². The number of guanidine groups is 1. The summed E-state index contributed by atoms with van der Waals surface area (Å²) in [6.07, 6.45) is 4.99. The van der Waals surface area contributed by atoms with Crippen molar-refractivity contribution in [3.05, 3.63) is 29.8 Å². The lowest BCUT2D eigenvalue weighted by atomic mass is 10.2. The number of aliphatic imine (C=N–C) groups is 1. The van der Waals surface area contributed by atoms with Gasteiger partial charge in [-0.2, -0.15) is 4.31 Å². The number of nitrogens with one attached hydrogen (secondary N) is 2. The van der Waals surface area contributed by atoms with E-state index in [9.17, 15) is 8.42 Å². The van der Waals surface area contributed by atoms with E-state index in [0.29, 0.717) is 30.5 Å². The Morgan fingerprint density at radius 2 is 1.96 bits per heavy atom. The third kappa shape index (κ3) is 7.07. The molecule has 158 valence electrons. The van der Waals surface area contributed by atoms with Crippen LogP contribution in [0.2, 0.25) is 0 Å². The van der Waals surface area contributed by atoms with Crippen molar-refractivity contribution in [2.24, 2.45) is 4.99 Å². The molecule has 0 atom stereocenters. The van der Waals surface area contributed by atoms with E-state index in [1.54, 1.807) is 29.6 Å². The Balaban J connectivity index is 1.86. The van der Waals surface area contributed by atoms with Crippen molar-refractivity contribution >= 4 is 16.0 Å². The summed E-state index contributed by atoms with van der Waals surface area (Å²) in [5, 5.41) is 6.52. The van der Waals surface area contributed by atoms with Crippen LogP contribution in [0.5, 0.6) is 0 Å². The smallest absolute Gasteiger partial charge is 0.243 e. The van der Waals surface area contributed by atoms with Gasteiger partial charge in [-0.15, -0.1) is 0 Å². The molecule has 0 unspecified atom stereocenters.